The molecule has 3 rings (SSSR count). The third-order valence-electron chi connectivity index (χ3n) is 2.96. The molecule has 0 amide bonds. The number of hydrogen-bond acceptors (Lipinski definition) is 3. The molecule has 2 aromatic carbocycles. The Morgan fingerprint density at radius 3 is 2.50 bits per heavy atom. The van der Waals surface area contributed by atoms with Crippen LogP contribution < -0.4 is 4.72 Å². The summed E-state index contributed by atoms with van der Waals surface area (Å²) in [6.45, 7) is 0. The highest BCUT2D eigenvalue weighted by molar-refractivity contribution is 7.93. The maximum absolute atomic E-state index is 12.5. The number of sulfonamides is 1. The van der Waals surface area contributed by atoms with Gasteiger partial charge in [-0.2, -0.15) is 0 Å². The van der Waals surface area contributed by atoms with E-state index in [9.17, 15) is 8.42 Å². The molecule has 0 saturated carbocycles. The average Bonchev–Trinajstić information content (AvgIpc) is 2.47. The van der Waals surface area contributed by atoms with Crippen molar-refractivity contribution in [3.8, 4) is 0 Å². The molecule has 1 heterocycles. The van der Waals surface area contributed by atoms with Crippen molar-refractivity contribution in [2.45, 2.75) is 4.90 Å². The summed E-state index contributed by atoms with van der Waals surface area (Å²) in [6.07, 6.45) is 3.24. The molecule has 0 aliphatic carbocycles. The minimum absolute atomic E-state index is 0.251. The molecule has 5 heteroatoms. The van der Waals surface area contributed by atoms with Gasteiger partial charge in [-0.1, -0.05) is 30.3 Å². The van der Waals surface area contributed by atoms with Gasteiger partial charge in [-0.05, 0) is 24.3 Å². The number of aromatic nitrogens is 1. The van der Waals surface area contributed by atoms with Crippen LogP contribution in [0.25, 0.3) is 10.8 Å². The molecular formula is C15H12N2O2S. The number of pyridine rings is 1. The summed E-state index contributed by atoms with van der Waals surface area (Å²) < 4.78 is 27.5. The average molecular weight is 284 g/mol. The molecule has 0 unspecified atom stereocenters. The van der Waals surface area contributed by atoms with Crippen LogP contribution in [0.4, 0.5) is 5.69 Å². The number of rotatable bonds is 3. The van der Waals surface area contributed by atoms with E-state index in [4.69, 9.17) is 0 Å². The Labute approximate surface area is 117 Å². The zero-order chi connectivity index (χ0) is 14.0. The monoisotopic (exact) mass is 284 g/mol. The zero-order valence-corrected chi connectivity index (χ0v) is 11.3. The van der Waals surface area contributed by atoms with Gasteiger partial charge in [0.25, 0.3) is 10.0 Å². The van der Waals surface area contributed by atoms with Gasteiger partial charge in [0.2, 0.25) is 0 Å². The molecule has 1 aromatic heterocycles. The Bertz CT molecular complexity index is 841. The van der Waals surface area contributed by atoms with Crippen molar-refractivity contribution in [3.05, 3.63) is 67.0 Å². The number of anilines is 1. The number of para-hydroxylation sites is 1. The fourth-order valence-electron chi connectivity index (χ4n) is 2.04. The Kier molecular flexibility index (Phi) is 3.12. The molecule has 0 aliphatic heterocycles. The van der Waals surface area contributed by atoms with Crippen LogP contribution in [0.2, 0.25) is 0 Å². The molecule has 0 radical (unpaired) electrons. The van der Waals surface area contributed by atoms with E-state index >= 15 is 0 Å². The van der Waals surface area contributed by atoms with Crippen LogP contribution in [0.15, 0.2) is 71.9 Å². The molecule has 0 aliphatic rings. The number of hydrogen-bond donors (Lipinski definition) is 1. The number of nitrogens with zero attached hydrogens (tertiary/aromatic N) is 1. The highest BCUT2D eigenvalue weighted by Crippen LogP contribution is 2.24. The lowest BCUT2D eigenvalue weighted by atomic mass is 10.2. The fraction of sp³-hybridized carbons (Fsp3) is 0. The maximum Gasteiger partial charge on any atom is 0.262 e. The lowest BCUT2D eigenvalue weighted by Gasteiger charge is -2.10. The van der Waals surface area contributed by atoms with E-state index in [2.05, 4.69) is 9.71 Å². The van der Waals surface area contributed by atoms with E-state index in [1.807, 2.05) is 12.1 Å². The molecule has 0 atom stereocenters. The van der Waals surface area contributed by atoms with Gasteiger partial charge < -0.3 is 0 Å². The molecule has 0 bridgehead atoms. The smallest absolute Gasteiger partial charge is 0.262 e. The van der Waals surface area contributed by atoms with Crippen molar-refractivity contribution in [2.75, 3.05) is 4.72 Å². The Morgan fingerprint density at radius 2 is 1.70 bits per heavy atom. The third-order valence-corrected chi connectivity index (χ3v) is 4.40. The molecule has 1 N–H and O–H groups in total. The van der Waals surface area contributed by atoms with E-state index < -0.39 is 10.0 Å². The van der Waals surface area contributed by atoms with Gasteiger partial charge in [-0.25, -0.2) is 8.42 Å². The second kappa shape index (κ2) is 4.94. The standard InChI is InChI=1S/C15H12N2O2S/c18-20(19,17-13-6-2-1-3-7-13)15-8-4-5-12-11-16-10-9-14(12)15/h1-11,17H. The maximum atomic E-state index is 12.5. The van der Waals surface area contributed by atoms with Crippen molar-refractivity contribution in [2.24, 2.45) is 0 Å². The Morgan fingerprint density at radius 1 is 0.900 bits per heavy atom. The van der Waals surface area contributed by atoms with E-state index in [1.165, 1.54) is 0 Å². The summed E-state index contributed by atoms with van der Waals surface area (Å²) in [5.41, 5.74) is 0.540. The lowest BCUT2D eigenvalue weighted by molar-refractivity contribution is 0.602. The van der Waals surface area contributed by atoms with Gasteiger partial charge in [-0.15, -0.1) is 0 Å². The van der Waals surface area contributed by atoms with Crippen LogP contribution in [-0.2, 0) is 10.0 Å². The second-order valence-electron chi connectivity index (χ2n) is 4.32. The third kappa shape index (κ3) is 2.35. The second-order valence-corrected chi connectivity index (χ2v) is 5.98. The highest BCUT2D eigenvalue weighted by Gasteiger charge is 2.17. The van der Waals surface area contributed by atoms with Gasteiger partial charge in [0.1, 0.15) is 0 Å². The number of nitrogens with one attached hydrogen (secondary N) is 1. The van der Waals surface area contributed by atoms with Gasteiger partial charge in [-0.3, -0.25) is 9.71 Å². The summed E-state index contributed by atoms with van der Waals surface area (Å²) in [5.74, 6) is 0. The summed E-state index contributed by atoms with van der Waals surface area (Å²) in [6, 6.07) is 15.7. The zero-order valence-electron chi connectivity index (χ0n) is 10.5. The van der Waals surface area contributed by atoms with E-state index in [-0.39, 0.29) is 4.90 Å². The first-order valence-electron chi connectivity index (χ1n) is 6.07. The predicted molar refractivity (Wildman–Crippen MR) is 79.0 cm³/mol. The minimum atomic E-state index is -3.62. The summed E-state index contributed by atoms with van der Waals surface area (Å²) >= 11 is 0. The van der Waals surface area contributed by atoms with Crippen molar-refractivity contribution < 1.29 is 8.42 Å². The number of benzene rings is 2. The van der Waals surface area contributed by atoms with Crippen LogP contribution in [0.3, 0.4) is 0 Å². The highest BCUT2D eigenvalue weighted by atomic mass is 32.2. The van der Waals surface area contributed by atoms with Crippen molar-refractivity contribution in [1.82, 2.24) is 4.98 Å². The molecular weight excluding hydrogens is 272 g/mol. The van der Waals surface area contributed by atoms with E-state index in [1.54, 1.807) is 54.9 Å². The largest absolute Gasteiger partial charge is 0.280 e. The van der Waals surface area contributed by atoms with Crippen LogP contribution in [0.1, 0.15) is 0 Å². The van der Waals surface area contributed by atoms with Crippen molar-refractivity contribution in [3.63, 3.8) is 0 Å². The fourth-order valence-corrected chi connectivity index (χ4v) is 3.33. The van der Waals surface area contributed by atoms with Crippen molar-refractivity contribution in [1.29, 1.82) is 0 Å². The molecule has 100 valence electrons. The van der Waals surface area contributed by atoms with Gasteiger partial charge in [0.05, 0.1) is 4.90 Å². The number of fused-ring (bicyclic) bond motifs is 1. The van der Waals surface area contributed by atoms with Gasteiger partial charge in [0.15, 0.2) is 0 Å². The quantitative estimate of drug-likeness (QED) is 0.804. The minimum Gasteiger partial charge on any atom is -0.280 e. The first kappa shape index (κ1) is 12.6. The SMILES string of the molecule is O=S(=O)(Nc1ccccc1)c1cccc2cnccc12. The Balaban J connectivity index is 2.10. The van der Waals surface area contributed by atoms with Crippen molar-refractivity contribution >= 4 is 26.5 Å². The van der Waals surface area contributed by atoms with Crippen LogP contribution in [-0.4, -0.2) is 13.4 Å². The first-order chi connectivity index (χ1) is 9.67. The summed E-state index contributed by atoms with van der Waals surface area (Å²) in [4.78, 5) is 4.26. The summed E-state index contributed by atoms with van der Waals surface area (Å²) in [7, 11) is -3.62. The van der Waals surface area contributed by atoms with Crippen LogP contribution in [0, 0.1) is 0 Å². The molecule has 20 heavy (non-hydrogen) atoms. The van der Waals surface area contributed by atoms with Crippen LogP contribution >= 0.6 is 0 Å². The predicted octanol–water partition coefficient (Wildman–Crippen LogP) is 3.04. The topological polar surface area (TPSA) is 59.1 Å². The van der Waals surface area contributed by atoms with Gasteiger partial charge in [0, 0.05) is 28.9 Å². The van der Waals surface area contributed by atoms with Gasteiger partial charge >= 0.3 is 0 Å². The van der Waals surface area contributed by atoms with Crippen LogP contribution in [0.5, 0.6) is 0 Å². The molecule has 0 fully saturated rings. The van der Waals surface area contributed by atoms with E-state index in [0.717, 1.165) is 5.39 Å². The first-order valence-corrected chi connectivity index (χ1v) is 7.56. The summed E-state index contributed by atoms with van der Waals surface area (Å²) in [5, 5.41) is 1.45. The molecule has 0 saturated heterocycles. The Hall–Kier alpha value is -2.40. The molecule has 4 nitrogen and oxygen atoms in total. The lowest BCUT2D eigenvalue weighted by Crippen LogP contribution is -2.13. The van der Waals surface area contributed by atoms with E-state index in [0.29, 0.717) is 11.1 Å². The molecule has 3 aromatic rings. The molecule has 0 spiro atoms. The normalized spacial score (nSPS) is 11.4.